The first-order valence-corrected chi connectivity index (χ1v) is 6.23. The molecule has 0 unspecified atom stereocenters. The van der Waals surface area contributed by atoms with Crippen LogP contribution in [0, 0.1) is 0 Å². The third-order valence-electron chi connectivity index (χ3n) is 2.38. The Morgan fingerprint density at radius 3 is 2.81 bits per heavy atom. The monoisotopic (exact) mass is 280 g/mol. The molecule has 0 amide bonds. The molecule has 3 heteroatoms. The first-order valence-electron chi connectivity index (χ1n) is 5.10. The fraction of sp³-hybridized carbons (Fsp3) is 0.231. The number of benzene rings is 2. The maximum absolute atomic E-state index is 5.67. The lowest BCUT2D eigenvalue weighted by Gasteiger charge is -2.09. The first-order chi connectivity index (χ1) is 7.85. The molecule has 2 rings (SSSR count). The van der Waals surface area contributed by atoms with Crippen LogP contribution in [0.3, 0.4) is 0 Å². The Bertz CT molecular complexity index is 482. The highest BCUT2D eigenvalue weighted by Crippen LogP contribution is 2.29. The van der Waals surface area contributed by atoms with Gasteiger partial charge in [0.05, 0.1) is 13.7 Å². The molecule has 0 bridgehead atoms. The number of halogens is 1. The van der Waals surface area contributed by atoms with Crippen LogP contribution in [0.15, 0.2) is 36.4 Å². The summed E-state index contributed by atoms with van der Waals surface area (Å²) in [6, 6.07) is 12.0. The molecule has 0 heterocycles. The van der Waals surface area contributed by atoms with Gasteiger partial charge < -0.3 is 9.47 Å². The number of fused-ring (bicyclic) bond motifs is 1. The molecule has 0 aliphatic carbocycles. The van der Waals surface area contributed by atoms with Crippen molar-refractivity contribution in [2.24, 2.45) is 0 Å². The van der Waals surface area contributed by atoms with E-state index in [1.165, 1.54) is 0 Å². The molecule has 0 fully saturated rings. The van der Waals surface area contributed by atoms with Gasteiger partial charge in [0.1, 0.15) is 11.5 Å². The quantitative estimate of drug-likeness (QED) is 0.797. The fourth-order valence-corrected chi connectivity index (χ4v) is 1.79. The largest absolute Gasteiger partial charge is 0.497 e. The van der Waals surface area contributed by atoms with Crippen LogP contribution in [0.25, 0.3) is 10.8 Å². The predicted molar refractivity (Wildman–Crippen MR) is 69.8 cm³/mol. The van der Waals surface area contributed by atoms with Crippen LogP contribution in [0.2, 0.25) is 0 Å². The molecule has 2 aromatic carbocycles. The van der Waals surface area contributed by atoms with E-state index < -0.39 is 0 Å². The minimum atomic E-state index is 0.663. The van der Waals surface area contributed by atoms with Crippen LogP contribution in [0.1, 0.15) is 0 Å². The summed E-state index contributed by atoms with van der Waals surface area (Å²) in [6.07, 6.45) is 0. The van der Waals surface area contributed by atoms with Gasteiger partial charge in [0, 0.05) is 10.7 Å². The SMILES string of the molecule is COc1ccc2cccc(OCCBr)c2c1. The van der Waals surface area contributed by atoms with E-state index in [2.05, 4.69) is 22.0 Å². The van der Waals surface area contributed by atoms with Crippen LogP contribution in [0.4, 0.5) is 0 Å². The van der Waals surface area contributed by atoms with Crippen molar-refractivity contribution in [2.45, 2.75) is 0 Å². The highest BCUT2D eigenvalue weighted by molar-refractivity contribution is 9.09. The van der Waals surface area contributed by atoms with Gasteiger partial charge in [-0.25, -0.2) is 0 Å². The number of hydrogen-bond donors (Lipinski definition) is 0. The number of hydrogen-bond acceptors (Lipinski definition) is 2. The molecule has 0 spiro atoms. The van der Waals surface area contributed by atoms with Crippen LogP contribution < -0.4 is 9.47 Å². The van der Waals surface area contributed by atoms with E-state index >= 15 is 0 Å². The third kappa shape index (κ3) is 2.30. The van der Waals surface area contributed by atoms with E-state index in [1.54, 1.807) is 7.11 Å². The summed E-state index contributed by atoms with van der Waals surface area (Å²) in [5, 5.41) is 3.07. The minimum absolute atomic E-state index is 0.663. The van der Waals surface area contributed by atoms with Crippen LogP contribution >= 0.6 is 15.9 Å². The maximum Gasteiger partial charge on any atom is 0.127 e. The molecular formula is C13H13BrO2. The molecule has 2 nitrogen and oxygen atoms in total. The van der Waals surface area contributed by atoms with Crippen molar-refractivity contribution in [1.29, 1.82) is 0 Å². The summed E-state index contributed by atoms with van der Waals surface area (Å²) in [6.45, 7) is 0.663. The molecule has 0 aromatic heterocycles. The zero-order valence-electron chi connectivity index (χ0n) is 9.07. The van der Waals surface area contributed by atoms with E-state index in [4.69, 9.17) is 9.47 Å². The zero-order valence-corrected chi connectivity index (χ0v) is 10.7. The molecule has 0 radical (unpaired) electrons. The average molecular weight is 281 g/mol. The summed E-state index contributed by atoms with van der Waals surface area (Å²) < 4.78 is 10.9. The number of alkyl halides is 1. The fourth-order valence-electron chi connectivity index (χ4n) is 1.62. The highest BCUT2D eigenvalue weighted by atomic mass is 79.9. The van der Waals surface area contributed by atoms with Gasteiger partial charge in [-0.1, -0.05) is 34.1 Å². The van der Waals surface area contributed by atoms with Gasteiger partial charge in [-0.15, -0.1) is 0 Å². The highest BCUT2D eigenvalue weighted by Gasteiger charge is 2.03. The molecule has 0 atom stereocenters. The number of methoxy groups -OCH3 is 1. The number of ether oxygens (including phenoxy) is 2. The zero-order chi connectivity index (χ0) is 11.4. The summed E-state index contributed by atoms with van der Waals surface area (Å²) in [7, 11) is 1.67. The maximum atomic E-state index is 5.67. The van der Waals surface area contributed by atoms with Gasteiger partial charge in [-0.2, -0.15) is 0 Å². The number of rotatable bonds is 4. The van der Waals surface area contributed by atoms with Crippen molar-refractivity contribution in [3.63, 3.8) is 0 Å². The second-order valence-electron chi connectivity index (χ2n) is 3.38. The van der Waals surface area contributed by atoms with Crippen LogP contribution in [-0.2, 0) is 0 Å². The third-order valence-corrected chi connectivity index (χ3v) is 2.71. The lowest BCUT2D eigenvalue weighted by molar-refractivity contribution is 0.349. The Kier molecular flexibility index (Phi) is 3.67. The van der Waals surface area contributed by atoms with Crippen molar-refractivity contribution in [3.05, 3.63) is 36.4 Å². The van der Waals surface area contributed by atoms with Crippen LogP contribution in [-0.4, -0.2) is 19.0 Å². The summed E-state index contributed by atoms with van der Waals surface area (Å²) >= 11 is 3.35. The molecule has 0 saturated carbocycles. The smallest absolute Gasteiger partial charge is 0.127 e. The Labute approximate surface area is 103 Å². The normalized spacial score (nSPS) is 10.4. The van der Waals surface area contributed by atoms with E-state index in [-0.39, 0.29) is 0 Å². The molecular weight excluding hydrogens is 268 g/mol. The predicted octanol–water partition coefficient (Wildman–Crippen LogP) is 3.62. The van der Waals surface area contributed by atoms with E-state index in [0.29, 0.717) is 6.61 Å². The topological polar surface area (TPSA) is 18.5 Å². The Hall–Kier alpha value is -1.22. The van der Waals surface area contributed by atoms with Gasteiger partial charge in [0.2, 0.25) is 0 Å². The van der Waals surface area contributed by atoms with Crippen molar-refractivity contribution in [3.8, 4) is 11.5 Å². The summed E-state index contributed by atoms with van der Waals surface area (Å²) in [5.41, 5.74) is 0. The molecule has 16 heavy (non-hydrogen) atoms. The molecule has 0 N–H and O–H groups in total. The Balaban J connectivity index is 2.46. The Morgan fingerprint density at radius 2 is 2.06 bits per heavy atom. The van der Waals surface area contributed by atoms with Gasteiger partial charge in [0.15, 0.2) is 0 Å². The van der Waals surface area contributed by atoms with E-state index in [1.807, 2.05) is 30.3 Å². The first kappa shape index (κ1) is 11.3. The standard InChI is InChI=1S/C13H13BrO2/c1-15-11-6-5-10-3-2-4-13(12(10)9-11)16-8-7-14/h2-6,9H,7-8H2,1H3. The van der Waals surface area contributed by atoms with Gasteiger partial charge in [0.25, 0.3) is 0 Å². The second-order valence-corrected chi connectivity index (χ2v) is 4.17. The van der Waals surface area contributed by atoms with Crippen molar-refractivity contribution < 1.29 is 9.47 Å². The van der Waals surface area contributed by atoms with Crippen molar-refractivity contribution in [1.82, 2.24) is 0 Å². The molecule has 0 saturated heterocycles. The minimum Gasteiger partial charge on any atom is -0.497 e. The summed E-state index contributed by atoms with van der Waals surface area (Å²) in [5.74, 6) is 1.75. The van der Waals surface area contributed by atoms with Crippen molar-refractivity contribution in [2.75, 3.05) is 19.0 Å². The van der Waals surface area contributed by atoms with Gasteiger partial charge >= 0.3 is 0 Å². The van der Waals surface area contributed by atoms with Gasteiger partial charge in [-0.3, -0.25) is 0 Å². The second kappa shape index (κ2) is 5.21. The molecule has 0 aliphatic heterocycles. The average Bonchev–Trinajstić information content (AvgIpc) is 2.35. The van der Waals surface area contributed by atoms with Gasteiger partial charge in [-0.05, 0) is 23.6 Å². The molecule has 0 aliphatic rings. The lowest BCUT2D eigenvalue weighted by Crippen LogP contribution is -1.98. The summed E-state index contributed by atoms with van der Waals surface area (Å²) in [4.78, 5) is 0. The van der Waals surface area contributed by atoms with E-state index in [0.717, 1.165) is 27.6 Å². The van der Waals surface area contributed by atoms with Crippen molar-refractivity contribution >= 4 is 26.7 Å². The molecule has 2 aromatic rings. The Morgan fingerprint density at radius 1 is 1.19 bits per heavy atom. The molecule has 84 valence electrons. The van der Waals surface area contributed by atoms with E-state index in [9.17, 15) is 0 Å². The lowest BCUT2D eigenvalue weighted by atomic mass is 10.1. The van der Waals surface area contributed by atoms with Crippen LogP contribution in [0.5, 0.6) is 11.5 Å².